The Kier molecular flexibility index (Phi) is 5.55. The molecule has 20 heavy (non-hydrogen) atoms. The highest BCUT2D eigenvalue weighted by Gasteiger charge is 2.22. The molecule has 1 aliphatic rings. The van der Waals surface area contributed by atoms with Crippen LogP contribution in [-0.4, -0.2) is 32.8 Å². The van der Waals surface area contributed by atoms with E-state index >= 15 is 0 Å². The van der Waals surface area contributed by atoms with Crippen molar-refractivity contribution in [2.24, 2.45) is 5.92 Å². The summed E-state index contributed by atoms with van der Waals surface area (Å²) >= 11 is 6.25. The first-order valence-corrected chi connectivity index (χ1v) is 7.85. The van der Waals surface area contributed by atoms with Crippen molar-refractivity contribution in [2.45, 2.75) is 32.7 Å². The molecule has 1 fully saturated rings. The van der Waals surface area contributed by atoms with Gasteiger partial charge in [-0.15, -0.1) is 0 Å². The fourth-order valence-electron chi connectivity index (χ4n) is 2.70. The monoisotopic (exact) mass is 296 g/mol. The van der Waals surface area contributed by atoms with Gasteiger partial charge in [0.1, 0.15) is 5.75 Å². The summed E-state index contributed by atoms with van der Waals surface area (Å²) in [5.41, 5.74) is 1.19. The van der Waals surface area contributed by atoms with Gasteiger partial charge >= 0.3 is 0 Å². The van der Waals surface area contributed by atoms with Crippen LogP contribution in [0.4, 0.5) is 5.69 Å². The van der Waals surface area contributed by atoms with Gasteiger partial charge < -0.3 is 15.0 Å². The number of nitrogens with one attached hydrogen (secondary N) is 1. The Labute approximate surface area is 127 Å². The van der Waals surface area contributed by atoms with Crippen LogP contribution in [0.15, 0.2) is 18.2 Å². The van der Waals surface area contributed by atoms with Crippen LogP contribution in [0.2, 0.25) is 5.02 Å². The molecule has 0 amide bonds. The van der Waals surface area contributed by atoms with E-state index in [-0.39, 0.29) is 0 Å². The molecule has 3 nitrogen and oxygen atoms in total. The molecule has 1 N–H and O–H groups in total. The molecule has 1 aromatic carbocycles. The van der Waals surface area contributed by atoms with E-state index in [1.54, 1.807) is 7.11 Å². The van der Waals surface area contributed by atoms with Crippen molar-refractivity contribution < 1.29 is 4.74 Å². The van der Waals surface area contributed by atoms with E-state index in [0.717, 1.165) is 31.8 Å². The number of rotatable bonds is 4. The molecular weight excluding hydrogens is 272 g/mol. The van der Waals surface area contributed by atoms with Crippen LogP contribution >= 0.6 is 11.6 Å². The number of halogens is 1. The van der Waals surface area contributed by atoms with Crippen molar-refractivity contribution in [3.63, 3.8) is 0 Å². The van der Waals surface area contributed by atoms with Crippen molar-refractivity contribution in [1.29, 1.82) is 0 Å². The predicted molar refractivity (Wildman–Crippen MR) is 86.1 cm³/mol. The zero-order chi connectivity index (χ0) is 14.5. The maximum Gasteiger partial charge on any atom is 0.137 e. The lowest BCUT2D eigenvalue weighted by Gasteiger charge is -2.29. The Hall–Kier alpha value is -0.930. The van der Waals surface area contributed by atoms with E-state index in [2.05, 4.69) is 30.1 Å². The van der Waals surface area contributed by atoms with E-state index in [4.69, 9.17) is 16.3 Å². The molecule has 0 saturated carbocycles. The van der Waals surface area contributed by atoms with Gasteiger partial charge in [0, 0.05) is 24.8 Å². The molecule has 0 spiro atoms. The van der Waals surface area contributed by atoms with Gasteiger partial charge in [0.05, 0.1) is 12.1 Å². The van der Waals surface area contributed by atoms with E-state index in [1.807, 2.05) is 12.1 Å². The second-order valence-corrected chi connectivity index (χ2v) is 5.97. The average molecular weight is 297 g/mol. The minimum atomic E-state index is 0.545. The highest BCUT2D eigenvalue weighted by atomic mass is 35.5. The summed E-state index contributed by atoms with van der Waals surface area (Å²) in [6.45, 7) is 7.78. The van der Waals surface area contributed by atoms with E-state index in [0.29, 0.717) is 17.0 Å². The molecular formula is C16H25ClN2O. The molecule has 0 bridgehead atoms. The maximum absolute atomic E-state index is 6.25. The summed E-state index contributed by atoms with van der Waals surface area (Å²) in [6, 6.07) is 6.61. The van der Waals surface area contributed by atoms with Gasteiger partial charge in [-0.05, 0) is 37.1 Å². The number of methoxy groups -OCH3 is 1. The van der Waals surface area contributed by atoms with Gasteiger partial charge in [0.25, 0.3) is 0 Å². The smallest absolute Gasteiger partial charge is 0.137 e. The summed E-state index contributed by atoms with van der Waals surface area (Å²) in [6.07, 6.45) is 2.37. The summed E-state index contributed by atoms with van der Waals surface area (Å²) in [5.74, 6) is 1.42. The van der Waals surface area contributed by atoms with Crippen LogP contribution in [0.3, 0.4) is 0 Å². The Morgan fingerprint density at radius 2 is 2.30 bits per heavy atom. The molecule has 2 unspecified atom stereocenters. The minimum absolute atomic E-state index is 0.545. The first-order valence-electron chi connectivity index (χ1n) is 7.47. The van der Waals surface area contributed by atoms with Gasteiger partial charge in [-0.2, -0.15) is 0 Å². The van der Waals surface area contributed by atoms with Gasteiger partial charge in [0.2, 0.25) is 0 Å². The molecule has 1 heterocycles. The van der Waals surface area contributed by atoms with Crippen molar-refractivity contribution >= 4 is 17.3 Å². The van der Waals surface area contributed by atoms with Crippen LogP contribution in [0, 0.1) is 5.92 Å². The molecule has 1 aromatic rings. The molecule has 2 rings (SSSR count). The Morgan fingerprint density at radius 3 is 2.95 bits per heavy atom. The SMILES string of the molecule is CCC(C)C1CN(c2ccc(OC)c(Cl)c2)CCCN1. The minimum Gasteiger partial charge on any atom is -0.495 e. The second kappa shape index (κ2) is 7.19. The lowest BCUT2D eigenvalue weighted by Crippen LogP contribution is -2.42. The summed E-state index contributed by atoms with van der Waals surface area (Å²) < 4.78 is 5.23. The number of benzene rings is 1. The molecule has 1 aliphatic heterocycles. The van der Waals surface area contributed by atoms with E-state index < -0.39 is 0 Å². The third-order valence-electron chi connectivity index (χ3n) is 4.26. The van der Waals surface area contributed by atoms with Crippen LogP contribution < -0.4 is 15.0 Å². The summed E-state index contributed by atoms with van der Waals surface area (Å²) in [7, 11) is 1.65. The second-order valence-electron chi connectivity index (χ2n) is 5.56. The Morgan fingerprint density at radius 1 is 1.50 bits per heavy atom. The maximum atomic E-state index is 6.25. The van der Waals surface area contributed by atoms with Crippen molar-refractivity contribution in [3.8, 4) is 5.75 Å². The zero-order valence-electron chi connectivity index (χ0n) is 12.7. The fourth-order valence-corrected chi connectivity index (χ4v) is 2.95. The Balaban J connectivity index is 2.15. The molecule has 0 radical (unpaired) electrons. The number of hydrogen-bond donors (Lipinski definition) is 1. The summed E-state index contributed by atoms with van der Waals surface area (Å²) in [5, 5.41) is 4.35. The number of nitrogens with zero attached hydrogens (tertiary/aromatic N) is 1. The van der Waals surface area contributed by atoms with Crippen molar-refractivity contribution in [2.75, 3.05) is 31.6 Å². The van der Waals surface area contributed by atoms with Gasteiger partial charge in [-0.25, -0.2) is 0 Å². The number of ether oxygens (including phenoxy) is 1. The topological polar surface area (TPSA) is 24.5 Å². The number of anilines is 1. The normalized spacial score (nSPS) is 21.4. The molecule has 112 valence electrons. The predicted octanol–water partition coefficient (Wildman–Crippen LogP) is 3.56. The first kappa shape index (κ1) is 15.5. The van der Waals surface area contributed by atoms with Gasteiger partial charge in [-0.3, -0.25) is 0 Å². The van der Waals surface area contributed by atoms with E-state index in [1.165, 1.54) is 12.1 Å². The largest absolute Gasteiger partial charge is 0.495 e. The summed E-state index contributed by atoms with van der Waals surface area (Å²) in [4.78, 5) is 2.43. The highest BCUT2D eigenvalue weighted by Crippen LogP contribution is 2.30. The van der Waals surface area contributed by atoms with Crippen LogP contribution in [0.5, 0.6) is 5.75 Å². The number of hydrogen-bond acceptors (Lipinski definition) is 3. The fraction of sp³-hybridized carbons (Fsp3) is 0.625. The molecule has 4 heteroatoms. The molecule has 2 atom stereocenters. The first-order chi connectivity index (χ1) is 9.65. The highest BCUT2D eigenvalue weighted by molar-refractivity contribution is 6.32. The van der Waals surface area contributed by atoms with Gasteiger partial charge in [0.15, 0.2) is 0 Å². The van der Waals surface area contributed by atoms with Gasteiger partial charge in [-0.1, -0.05) is 31.9 Å². The van der Waals surface area contributed by atoms with Crippen molar-refractivity contribution in [1.82, 2.24) is 5.32 Å². The molecule has 1 saturated heterocycles. The standard InChI is InChI=1S/C16H25ClN2O/c1-4-12(2)15-11-19(9-5-8-18-15)13-6-7-16(20-3)14(17)10-13/h6-7,10,12,15,18H,4-5,8-9,11H2,1-3H3. The van der Waals surface area contributed by atoms with Crippen molar-refractivity contribution in [3.05, 3.63) is 23.2 Å². The lowest BCUT2D eigenvalue weighted by molar-refractivity contribution is 0.384. The lowest BCUT2D eigenvalue weighted by atomic mass is 9.99. The Bertz CT molecular complexity index is 438. The van der Waals surface area contributed by atoms with E-state index in [9.17, 15) is 0 Å². The average Bonchev–Trinajstić information content (AvgIpc) is 2.72. The van der Waals surface area contributed by atoms with Crippen LogP contribution in [-0.2, 0) is 0 Å². The van der Waals surface area contributed by atoms with Crippen LogP contribution in [0.25, 0.3) is 0 Å². The third kappa shape index (κ3) is 3.58. The molecule has 0 aromatic heterocycles. The van der Waals surface area contributed by atoms with Crippen LogP contribution in [0.1, 0.15) is 26.7 Å². The zero-order valence-corrected chi connectivity index (χ0v) is 13.4. The third-order valence-corrected chi connectivity index (χ3v) is 4.56. The quantitative estimate of drug-likeness (QED) is 0.919. The molecule has 0 aliphatic carbocycles.